The van der Waals surface area contributed by atoms with Crippen LogP contribution in [0.2, 0.25) is 5.15 Å². The van der Waals surface area contributed by atoms with Gasteiger partial charge in [0.1, 0.15) is 10.9 Å². The van der Waals surface area contributed by atoms with Gasteiger partial charge in [0.05, 0.1) is 11.8 Å². The van der Waals surface area contributed by atoms with Gasteiger partial charge in [-0.1, -0.05) is 25.4 Å². The lowest BCUT2D eigenvalue weighted by molar-refractivity contribution is 0.102. The van der Waals surface area contributed by atoms with E-state index in [1.807, 2.05) is 26.0 Å². The lowest BCUT2D eigenvalue weighted by Crippen LogP contribution is -2.13. The van der Waals surface area contributed by atoms with Crippen LogP contribution in [-0.2, 0) is 0 Å². The standard InChI is InChI=1S/C18H15BrClN3O2/c1-10(2)15-9-22-18(25-15)11-3-5-13(6-4-11)23-17(24)14-7-12(19)8-21-16(14)20/h3-10H,1-2H3,(H,23,24). The first kappa shape index (κ1) is 17.6. The molecule has 25 heavy (non-hydrogen) atoms. The maximum Gasteiger partial charge on any atom is 0.258 e. The predicted octanol–water partition coefficient (Wildman–Crippen LogP) is 5.53. The minimum absolute atomic E-state index is 0.151. The van der Waals surface area contributed by atoms with Crippen LogP contribution in [0.4, 0.5) is 5.69 Å². The molecule has 0 spiro atoms. The molecule has 2 heterocycles. The maximum atomic E-state index is 12.3. The molecular weight excluding hydrogens is 406 g/mol. The lowest BCUT2D eigenvalue weighted by atomic mass is 10.2. The fraction of sp³-hybridized carbons (Fsp3) is 0.167. The first-order valence-electron chi connectivity index (χ1n) is 7.62. The molecule has 2 aromatic heterocycles. The van der Waals surface area contributed by atoms with Gasteiger partial charge in [0.25, 0.3) is 5.91 Å². The number of nitrogens with zero attached hydrogens (tertiary/aromatic N) is 2. The summed E-state index contributed by atoms with van der Waals surface area (Å²) >= 11 is 9.26. The molecule has 1 aromatic carbocycles. The maximum absolute atomic E-state index is 12.3. The fourth-order valence-electron chi connectivity index (χ4n) is 2.16. The van der Waals surface area contributed by atoms with E-state index in [0.29, 0.717) is 21.6 Å². The highest BCUT2D eigenvalue weighted by Gasteiger charge is 2.13. The van der Waals surface area contributed by atoms with E-state index in [4.69, 9.17) is 16.0 Å². The van der Waals surface area contributed by atoms with Crippen molar-refractivity contribution >= 4 is 39.1 Å². The Morgan fingerprint density at radius 3 is 2.56 bits per heavy atom. The third-order valence-electron chi connectivity index (χ3n) is 3.53. The number of halogens is 2. The van der Waals surface area contributed by atoms with E-state index in [2.05, 4.69) is 31.2 Å². The van der Waals surface area contributed by atoms with Crippen molar-refractivity contribution in [2.45, 2.75) is 19.8 Å². The Hall–Kier alpha value is -2.18. The Morgan fingerprint density at radius 2 is 1.92 bits per heavy atom. The summed E-state index contributed by atoms with van der Waals surface area (Å²) in [5.74, 6) is 1.35. The summed E-state index contributed by atoms with van der Waals surface area (Å²) in [4.78, 5) is 20.6. The predicted molar refractivity (Wildman–Crippen MR) is 101 cm³/mol. The summed E-state index contributed by atoms with van der Waals surface area (Å²) in [6.45, 7) is 4.09. The molecule has 0 unspecified atom stereocenters. The number of pyridine rings is 1. The average molecular weight is 421 g/mol. The molecule has 0 aliphatic heterocycles. The number of benzene rings is 1. The highest BCUT2D eigenvalue weighted by molar-refractivity contribution is 9.10. The summed E-state index contributed by atoms with van der Waals surface area (Å²) in [5, 5.41) is 2.94. The molecule has 0 fully saturated rings. The molecule has 0 saturated heterocycles. The molecule has 128 valence electrons. The number of amides is 1. The zero-order valence-corrected chi connectivity index (χ0v) is 15.9. The second kappa shape index (κ2) is 7.37. The van der Waals surface area contributed by atoms with Crippen molar-refractivity contribution < 1.29 is 9.21 Å². The molecule has 1 N–H and O–H groups in total. The Kier molecular flexibility index (Phi) is 5.20. The van der Waals surface area contributed by atoms with Gasteiger partial charge in [-0.25, -0.2) is 9.97 Å². The molecule has 5 nitrogen and oxygen atoms in total. The SMILES string of the molecule is CC(C)c1cnc(-c2ccc(NC(=O)c3cc(Br)cnc3Cl)cc2)o1. The minimum atomic E-state index is -0.329. The largest absolute Gasteiger partial charge is 0.441 e. The molecule has 3 aromatic rings. The van der Waals surface area contributed by atoms with E-state index < -0.39 is 0 Å². The van der Waals surface area contributed by atoms with Crippen molar-refractivity contribution in [3.63, 3.8) is 0 Å². The number of aromatic nitrogens is 2. The number of carbonyl (C=O) groups excluding carboxylic acids is 1. The molecule has 1 amide bonds. The number of oxazole rings is 1. The normalized spacial score (nSPS) is 10.9. The summed E-state index contributed by atoms with van der Waals surface area (Å²) in [7, 11) is 0. The van der Waals surface area contributed by atoms with Crippen molar-refractivity contribution in [1.82, 2.24) is 9.97 Å². The van der Waals surface area contributed by atoms with Gasteiger partial charge in [-0.3, -0.25) is 4.79 Å². The lowest BCUT2D eigenvalue weighted by Gasteiger charge is -2.07. The van der Waals surface area contributed by atoms with Gasteiger partial charge in [0, 0.05) is 27.8 Å². The van der Waals surface area contributed by atoms with Gasteiger partial charge in [0.15, 0.2) is 0 Å². The van der Waals surface area contributed by atoms with Crippen LogP contribution < -0.4 is 5.32 Å². The molecular formula is C18H15BrClN3O2. The van der Waals surface area contributed by atoms with Crippen molar-refractivity contribution in [2.75, 3.05) is 5.32 Å². The topological polar surface area (TPSA) is 68.0 Å². The Balaban J connectivity index is 1.76. The second-order valence-electron chi connectivity index (χ2n) is 5.75. The molecule has 0 radical (unpaired) electrons. The van der Waals surface area contributed by atoms with E-state index in [9.17, 15) is 4.79 Å². The van der Waals surface area contributed by atoms with Gasteiger partial charge in [-0.2, -0.15) is 0 Å². The van der Waals surface area contributed by atoms with Crippen molar-refractivity contribution in [3.05, 3.63) is 63.7 Å². The molecule has 0 aliphatic carbocycles. The van der Waals surface area contributed by atoms with Gasteiger partial charge in [0.2, 0.25) is 5.89 Å². The van der Waals surface area contributed by atoms with Crippen LogP contribution >= 0.6 is 27.5 Å². The summed E-state index contributed by atoms with van der Waals surface area (Å²) in [6, 6.07) is 8.87. The average Bonchev–Trinajstić information content (AvgIpc) is 3.08. The van der Waals surface area contributed by atoms with Crippen molar-refractivity contribution in [3.8, 4) is 11.5 Å². The highest BCUT2D eigenvalue weighted by atomic mass is 79.9. The molecule has 0 bridgehead atoms. The minimum Gasteiger partial charge on any atom is -0.441 e. The smallest absolute Gasteiger partial charge is 0.258 e. The quantitative estimate of drug-likeness (QED) is 0.564. The molecule has 0 saturated carbocycles. The zero-order valence-electron chi connectivity index (χ0n) is 13.6. The number of hydrogen-bond donors (Lipinski definition) is 1. The van der Waals surface area contributed by atoms with E-state index >= 15 is 0 Å². The fourth-order valence-corrected chi connectivity index (χ4v) is 2.68. The highest BCUT2D eigenvalue weighted by Crippen LogP contribution is 2.25. The number of hydrogen-bond acceptors (Lipinski definition) is 4. The van der Waals surface area contributed by atoms with Crippen molar-refractivity contribution in [1.29, 1.82) is 0 Å². The first-order chi connectivity index (χ1) is 11.9. The van der Waals surface area contributed by atoms with Crippen LogP contribution in [0.25, 0.3) is 11.5 Å². The zero-order chi connectivity index (χ0) is 18.0. The number of rotatable bonds is 4. The molecule has 3 rings (SSSR count). The second-order valence-corrected chi connectivity index (χ2v) is 7.02. The number of carbonyl (C=O) groups is 1. The summed E-state index contributed by atoms with van der Waals surface area (Å²) < 4.78 is 6.40. The van der Waals surface area contributed by atoms with E-state index in [1.165, 1.54) is 6.20 Å². The van der Waals surface area contributed by atoms with Crippen LogP contribution in [-0.4, -0.2) is 15.9 Å². The van der Waals surface area contributed by atoms with Gasteiger partial charge in [-0.05, 0) is 46.3 Å². The number of anilines is 1. The van der Waals surface area contributed by atoms with Crippen molar-refractivity contribution in [2.24, 2.45) is 0 Å². The van der Waals surface area contributed by atoms with E-state index in [1.54, 1.807) is 24.4 Å². The Labute approximate surface area is 158 Å². The Bertz CT molecular complexity index is 907. The third-order valence-corrected chi connectivity index (χ3v) is 4.27. The van der Waals surface area contributed by atoms with E-state index in [0.717, 1.165) is 11.3 Å². The first-order valence-corrected chi connectivity index (χ1v) is 8.79. The molecule has 0 aliphatic rings. The van der Waals surface area contributed by atoms with Crippen LogP contribution in [0.3, 0.4) is 0 Å². The van der Waals surface area contributed by atoms with Crippen LogP contribution in [0.5, 0.6) is 0 Å². The van der Waals surface area contributed by atoms with Crippen LogP contribution in [0.1, 0.15) is 35.9 Å². The van der Waals surface area contributed by atoms with Gasteiger partial charge < -0.3 is 9.73 Å². The monoisotopic (exact) mass is 419 g/mol. The molecule has 7 heteroatoms. The van der Waals surface area contributed by atoms with Crippen LogP contribution in [0.15, 0.2) is 51.6 Å². The van der Waals surface area contributed by atoms with Gasteiger partial charge >= 0.3 is 0 Å². The Morgan fingerprint density at radius 1 is 1.20 bits per heavy atom. The third kappa shape index (κ3) is 4.08. The van der Waals surface area contributed by atoms with Crippen LogP contribution in [0, 0.1) is 0 Å². The summed E-state index contributed by atoms with van der Waals surface area (Å²) in [6.07, 6.45) is 3.27. The summed E-state index contributed by atoms with van der Waals surface area (Å²) in [5.41, 5.74) is 1.78. The van der Waals surface area contributed by atoms with E-state index in [-0.39, 0.29) is 17.0 Å². The van der Waals surface area contributed by atoms with Gasteiger partial charge in [-0.15, -0.1) is 0 Å². The molecule has 0 atom stereocenters. The number of nitrogens with one attached hydrogen (secondary N) is 1.